The van der Waals surface area contributed by atoms with Gasteiger partial charge >= 0.3 is 5.97 Å². The van der Waals surface area contributed by atoms with Crippen molar-refractivity contribution in [3.8, 4) is 0 Å². The number of aliphatic carboxylic acids is 1. The highest BCUT2D eigenvalue weighted by Gasteiger charge is 2.24. The Morgan fingerprint density at radius 3 is 2.61 bits per heavy atom. The van der Waals surface area contributed by atoms with Crippen LogP contribution >= 0.6 is 0 Å². The van der Waals surface area contributed by atoms with Crippen LogP contribution in [0.3, 0.4) is 0 Å². The number of ether oxygens (including phenoxy) is 1. The van der Waals surface area contributed by atoms with Crippen LogP contribution in [0.4, 0.5) is 5.69 Å². The van der Waals surface area contributed by atoms with E-state index in [-0.39, 0.29) is 18.4 Å². The zero-order chi connectivity index (χ0) is 16.7. The summed E-state index contributed by atoms with van der Waals surface area (Å²) in [5.74, 6) is -1.12. The molecule has 0 heterocycles. The number of amides is 1. The fourth-order valence-corrected chi connectivity index (χ4v) is 2.95. The third kappa shape index (κ3) is 5.36. The lowest BCUT2D eigenvalue weighted by atomic mass is 9.97. The fraction of sp³-hybridized carbons (Fsp3) is 0.556. The summed E-state index contributed by atoms with van der Waals surface area (Å²) < 4.78 is 5.97. The first-order chi connectivity index (χ1) is 11.1. The molecule has 0 radical (unpaired) electrons. The van der Waals surface area contributed by atoms with Gasteiger partial charge in [-0.25, -0.2) is 0 Å². The molecule has 126 valence electrons. The van der Waals surface area contributed by atoms with Crippen LogP contribution in [0.1, 0.15) is 51.0 Å². The molecule has 0 aliphatic heterocycles. The molecule has 5 nitrogen and oxygen atoms in total. The lowest BCUT2D eigenvalue weighted by Crippen LogP contribution is -2.34. The monoisotopic (exact) mass is 319 g/mol. The smallest absolute Gasteiger partial charge is 0.307 e. The van der Waals surface area contributed by atoms with Crippen molar-refractivity contribution in [1.82, 2.24) is 0 Å². The molecule has 5 heteroatoms. The molecule has 0 saturated heterocycles. The van der Waals surface area contributed by atoms with Gasteiger partial charge in [-0.2, -0.15) is 0 Å². The van der Waals surface area contributed by atoms with E-state index in [0.717, 1.165) is 25.7 Å². The number of carbonyl (C=O) groups is 2. The van der Waals surface area contributed by atoms with Crippen molar-refractivity contribution < 1.29 is 19.4 Å². The molecule has 0 bridgehead atoms. The van der Waals surface area contributed by atoms with Gasteiger partial charge in [0.2, 0.25) is 0 Å². The normalized spacial score (nSPS) is 16.7. The average molecular weight is 319 g/mol. The number of carboxylic acid groups (broad SMARTS) is 1. The van der Waals surface area contributed by atoms with Gasteiger partial charge in [-0.1, -0.05) is 44.4 Å². The number of carboxylic acids is 1. The minimum absolute atomic E-state index is 0.114. The first kappa shape index (κ1) is 17.5. The molecule has 1 saturated carbocycles. The summed E-state index contributed by atoms with van der Waals surface area (Å²) in [6.45, 7) is 1.93. The molecule has 2 N–H and O–H groups in total. The van der Waals surface area contributed by atoms with Crippen molar-refractivity contribution in [1.29, 1.82) is 0 Å². The maximum absolute atomic E-state index is 12.5. The summed E-state index contributed by atoms with van der Waals surface area (Å²) in [4.78, 5) is 23.4. The molecule has 1 aromatic rings. The number of nitrogens with one attached hydrogen (secondary N) is 1. The van der Waals surface area contributed by atoms with Crippen LogP contribution in [-0.2, 0) is 20.7 Å². The second kappa shape index (κ2) is 8.67. The van der Waals surface area contributed by atoms with Gasteiger partial charge in [0, 0.05) is 5.69 Å². The maximum Gasteiger partial charge on any atom is 0.307 e. The third-order valence-corrected chi connectivity index (χ3v) is 4.19. The molecule has 1 unspecified atom stereocenters. The van der Waals surface area contributed by atoms with Gasteiger partial charge in [0.15, 0.2) is 0 Å². The Balaban J connectivity index is 2.00. The highest BCUT2D eigenvalue weighted by Crippen LogP contribution is 2.23. The molecule has 1 fully saturated rings. The molecule has 1 aliphatic carbocycles. The predicted octanol–water partition coefficient (Wildman–Crippen LogP) is 3.38. The Morgan fingerprint density at radius 2 is 1.96 bits per heavy atom. The minimum atomic E-state index is -0.919. The number of carbonyl (C=O) groups excluding carboxylic acids is 1. The van der Waals surface area contributed by atoms with Crippen molar-refractivity contribution in [2.24, 2.45) is 0 Å². The van der Waals surface area contributed by atoms with E-state index in [1.165, 1.54) is 6.42 Å². The van der Waals surface area contributed by atoms with Gasteiger partial charge < -0.3 is 15.2 Å². The van der Waals surface area contributed by atoms with E-state index in [0.29, 0.717) is 17.7 Å². The SMILES string of the molecule is CCC(OC1CCCCC1)C(=O)Nc1ccccc1CC(=O)O. The Hall–Kier alpha value is -1.88. The first-order valence-corrected chi connectivity index (χ1v) is 8.36. The summed E-state index contributed by atoms with van der Waals surface area (Å²) in [5.41, 5.74) is 1.14. The largest absolute Gasteiger partial charge is 0.481 e. The van der Waals surface area contributed by atoms with Gasteiger partial charge in [0.1, 0.15) is 6.10 Å². The molecule has 1 aliphatic rings. The second-order valence-electron chi connectivity index (χ2n) is 6.01. The van der Waals surface area contributed by atoms with E-state index in [1.807, 2.05) is 6.92 Å². The van der Waals surface area contributed by atoms with E-state index in [2.05, 4.69) is 5.32 Å². The summed E-state index contributed by atoms with van der Waals surface area (Å²) in [7, 11) is 0. The lowest BCUT2D eigenvalue weighted by Gasteiger charge is -2.26. The van der Waals surface area contributed by atoms with Gasteiger partial charge in [0.25, 0.3) is 5.91 Å². The van der Waals surface area contributed by atoms with E-state index in [9.17, 15) is 9.59 Å². The Bertz CT molecular complexity index is 538. The third-order valence-electron chi connectivity index (χ3n) is 4.19. The Morgan fingerprint density at radius 1 is 1.26 bits per heavy atom. The summed E-state index contributed by atoms with van der Waals surface area (Å²) in [5, 5.41) is 11.8. The van der Waals surface area contributed by atoms with Gasteiger partial charge in [-0.05, 0) is 30.9 Å². The highest BCUT2D eigenvalue weighted by atomic mass is 16.5. The quantitative estimate of drug-likeness (QED) is 0.808. The number of rotatable bonds is 7. The summed E-state index contributed by atoms with van der Waals surface area (Å²) in [6, 6.07) is 6.99. The maximum atomic E-state index is 12.5. The van der Waals surface area contributed by atoms with Crippen molar-refractivity contribution in [3.63, 3.8) is 0 Å². The van der Waals surface area contributed by atoms with Gasteiger partial charge in [-0.15, -0.1) is 0 Å². The fourth-order valence-electron chi connectivity index (χ4n) is 2.95. The number of para-hydroxylation sites is 1. The van der Waals surface area contributed by atoms with Crippen LogP contribution in [0.15, 0.2) is 24.3 Å². The molecule has 1 atom stereocenters. The van der Waals surface area contributed by atoms with E-state index in [1.54, 1.807) is 24.3 Å². The van der Waals surface area contributed by atoms with E-state index < -0.39 is 12.1 Å². The number of benzene rings is 1. The molecule has 1 amide bonds. The van der Waals surface area contributed by atoms with Crippen LogP contribution in [0.2, 0.25) is 0 Å². The van der Waals surface area contributed by atoms with Crippen LogP contribution < -0.4 is 5.32 Å². The molecule has 0 spiro atoms. The zero-order valence-corrected chi connectivity index (χ0v) is 13.6. The minimum Gasteiger partial charge on any atom is -0.481 e. The van der Waals surface area contributed by atoms with E-state index in [4.69, 9.17) is 9.84 Å². The highest BCUT2D eigenvalue weighted by molar-refractivity contribution is 5.95. The number of hydrogen-bond donors (Lipinski definition) is 2. The first-order valence-electron chi connectivity index (χ1n) is 8.36. The zero-order valence-electron chi connectivity index (χ0n) is 13.6. The second-order valence-corrected chi connectivity index (χ2v) is 6.01. The average Bonchev–Trinajstić information content (AvgIpc) is 2.55. The van der Waals surface area contributed by atoms with Gasteiger partial charge in [-0.3, -0.25) is 9.59 Å². The predicted molar refractivity (Wildman–Crippen MR) is 88.4 cm³/mol. The summed E-state index contributed by atoms with van der Waals surface area (Å²) >= 11 is 0. The topological polar surface area (TPSA) is 75.6 Å². The molecule has 1 aromatic carbocycles. The number of hydrogen-bond acceptors (Lipinski definition) is 3. The van der Waals surface area contributed by atoms with Crippen LogP contribution in [0.25, 0.3) is 0 Å². The molecule has 2 rings (SSSR count). The van der Waals surface area contributed by atoms with Crippen molar-refractivity contribution in [2.75, 3.05) is 5.32 Å². The van der Waals surface area contributed by atoms with Crippen molar-refractivity contribution >= 4 is 17.6 Å². The van der Waals surface area contributed by atoms with Crippen molar-refractivity contribution in [2.45, 2.75) is 64.1 Å². The van der Waals surface area contributed by atoms with Crippen LogP contribution in [0.5, 0.6) is 0 Å². The van der Waals surface area contributed by atoms with Gasteiger partial charge in [0.05, 0.1) is 12.5 Å². The van der Waals surface area contributed by atoms with Crippen molar-refractivity contribution in [3.05, 3.63) is 29.8 Å². The van der Waals surface area contributed by atoms with Crippen LogP contribution in [0, 0.1) is 0 Å². The molecular weight excluding hydrogens is 294 g/mol. The Kier molecular flexibility index (Phi) is 6.59. The standard InChI is InChI=1S/C18H25NO4/c1-2-16(23-14-9-4-3-5-10-14)18(22)19-15-11-7-6-8-13(15)12-17(20)21/h6-8,11,14,16H,2-5,9-10,12H2,1H3,(H,19,22)(H,20,21). The lowest BCUT2D eigenvalue weighted by molar-refractivity contribution is -0.136. The number of anilines is 1. The van der Waals surface area contributed by atoms with Crippen LogP contribution in [-0.4, -0.2) is 29.2 Å². The Labute approximate surface area is 137 Å². The molecule has 23 heavy (non-hydrogen) atoms. The van der Waals surface area contributed by atoms with E-state index >= 15 is 0 Å². The molecule has 0 aromatic heterocycles. The molecular formula is C18H25NO4. The summed E-state index contributed by atoms with van der Waals surface area (Å²) in [6.07, 6.45) is 5.74.